The summed E-state index contributed by atoms with van der Waals surface area (Å²) in [7, 11) is 0. The van der Waals surface area contributed by atoms with Gasteiger partial charge in [0.05, 0.1) is 11.6 Å². The maximum absolute atomic E-state index is 10.8. The highest BCUT2D eigenvalue weighted by atomic mass is 16.3. The third-order valence-corrected chi connectivity index (χ3v) is 4.74. The lowest BCUT2D eigenvalue weighted by molar-refractivity contribution is -0.0910. The van der Waals surface area contributed by atoms with Crippen LogP contribution in [0.3, 0.4) is 0 Å². The zero-order valence-electron chi connectivity index (χ0n) is 9.58. The first kappa shape index (κ1) is 9.86. The van der Waals surface area contributed by atoms with Gasteiger partial charge in [0.15, 0.2) is 0 Å². The van der Waals surface area contributed by atoms with Crippen molar-refractivity contribution in [1.29, 1.82) is 0 Å². The highest BCUT2D eigenvalue weighted by Gasteiger charge is 2.51. The summed E-state index contributed by atoms with van der Waals surface area (Å²) >= 11 is 0. The molecule has 1 saturated carbocycles. The Morgan fingerprint density at radius 2 is 2.27 bits per heavy atom. The van der Waals surface area contributed by atoms with Crippen molar-refractivity contribution in [2.24, 2.45) is 5.92 Å². The lowest BCUT2D eigenvalue weighted by Crippen LogP contribution is -2.59. The van der Waals surface area contributed by atoms with Crippen LogP contribution in [0.5, 0.6) is 0 Å². The topological polar surface area (TPSA) is 23.5 Å². The standard InChI is InChI=1S/C13H21NO/c1-10-4-7-14-8-5-11-3-2-6-13(11,15)12(14)9-10/h9,11-12,15H,2-8H2,1H3/t11-,12-,13+/m0/s1. The van der Waals surface area contributed by atoms with E-state index in [-0.39, 0.29) is 5.60 Å². The molecule has 15 heavy (non-hydrogen) atoms. The van der Waals surface area contributed by atoms with E-state index in [0.29, 0.717) is 12.0 Å². The Morgan fingerprint density at radius 3 is 3.13 bits per heavy atom. The predicted molar refractivity (Wildman–Crippen MR) is 60.6 cm³/mol. The Hall–Kier alpha value is -0.340. The quantitative estimate of drug-likeness (QED) is 0.614. The Kier molecular flexibility index (Phi) is 2.18. The van der Waals surface area contributed by atoms with Crippen molar-refractivity contribution in [3.8, 4) is 0 Å². The van der Waals surface area contributed by atoms with Crippen LogP contribution < -0.4 is 0 Å². The summed E-state index contributed by atoms with van der Waals surface area (Å²) in [6, 6.07) is 0.326. The number of hydrogen-bond donors (Lipinski definition) is 1. The van der Waals surface area contributed by atoms with Crippen LogP contribution in [-0.4, -0.2) is 34.7 Å². The van der Waals surface area contributed by atoms with Gasteiger partial charge in [0.25, 0.3) is 0 Å². The number of fused-ring (bicyclic) bond motifs is 3. The van der Waals surface area contributed by atoms with Crippen molar-refractivity contribution < 1.29 is 5.11 Å². The van der Waals surface area contributed by atoms with E-state index in [2.05, 4.69) is 17.9 Å². The molecule has 3 atom stereocenters. The second-order valence-electron chi connectivity index (χ2n) is 5.61. The minimum atomic E-state index is -0.389. The molecule has 2 heteroatoms. The third-order valence-electron chi connectivity index (χ3n) is 4.74. The minimum absolute atomic E-state index is 0.326. The van der Waals surface area contributed by atoms with Crippen LogP contribution in [0.1, 0.15) is 39.0 Å². The molecular formula is C13H21NO. The summed E-state index contributed by atoms with van der Waals surface area (Å²) < 4.78 is 0. The van der Waals surface area contributed by atoms with E-state index in [1.165, 1.54) is 37.8 Å². The average Bonchev–Trinajstić information content (AvgIpc) is 2.60. The molecule has 0 radical (unpaired) electrons. The van der Waals surface area contributed by atoms with E-state index >= 15 is 0 Å². The van der Waals surface area contributed by atoms with Crippen LogP contribution in [0.4, 0.5) is 0 Å². The third kappa shape index (κ3) is 1.38. The Morgan fingerprint density at radius 1 is 1.40 bits per heavy atom. The zero-order chi connectivity index (χ0) is 10.5. The van der Waals surface area contributed by atoms with E-state index in [1.807, 2.05) is 0 Å². The van der Waals surface area contributed by atoms with Gasteiger partial charge in [-0.2, -0.15) is 0 Å². The molecule has 1 N–H and O–H groups in total. The van der Waals surface area contributed by atoms with Crippen molar-refractivity contribution in [2.45, 2.75) is 50.7 Å². The Bertz CT molecular complexity index is 299. The van der Waals surface area contributed by atoms with E-state index in [0.717, 1.165) is 13.0 Å². The van der Waals surface area contributed by atoms with Gasteiger partial charge in [0.2, 0.25) is 0 Å². The smallest absolute Gasteiger partial charge is 0.0866 e. The average molecular weight is 207 g/mol. The van der Waals surface area contributed by atoms with Crippen molar-refractivity contribution >= 4 is 0 Å². The molecule has 3 aliphatic rings. The van der Waals surface area contributed by atoms with Crippen molar-refractivity contribution in [3.05, 3.63) is 11.6 Å². The van der Waals surface area contributed by atoms with Crippen molar-refractivity contribution in [3.63, 3.8) is 0 Å². The summed E-state index contributed by atoms with van der Waals surface area (Å²) in [5.41, 5.74) is 1.08. The first-order chi connectivity index (χ1) is 7.20. The maximum Gasteiger partial charge on any atom is 0.0866 e. The predicted octanol–water partition coefficient (Wildman–Crippen LogP) is 1.94. The van der Waals surface area contributed by atoms with E-state index in [9.17, 15) is 5.11 Å². The lowest BCUT2D eigenvalue weighted by Gasteiger charge is -2.49. The van der Waals surface area contributed by atoms with E-state index in [1.54, 1.807) is 0 Å². The molecule has 2 heterocycles. The fraction of sp³-hybridized carbons (Fsp3) is 0.846. The second-order valence-corrected chi connectivity index (χ2v) is 5.61. The molecule has 0 aromatic carbocycles. The summed E-state index contributed by atoms with van der Waals surface area (Å²) in [6.45, 7) is 4.56. The molecule has 2 nitrogen and oxygen atoms in total. The van der Waals surface area contributed by atoms with E-state index in [4.69, 9.17) is 0 Å². The molecule has 0 aromatic heterocycles. The minimum Gasteiger partial charge on any atom is -0.388 e. The van der Waals surface area contributed by atoms with Gasteiger partial charge >= 0.3 is 0 Å². The highest BCUT2D eigenvalue weighted by Crippen LogP contribution is 2.46. The zero-order valence-corrected chi connectivity index (χ0v) is 9.58. The van der Waals surface area contributed by atoms with Gasteiger partial charge in [0, 0.05) is 6.54 Å². The summed E-state index contributed by atoms with van der Waals surface area (Å²) in [5.74, 6) is 0.570. The molecule has 2 fully saturated rings. The maximum atomic E-state index is 10.8. The molecule has 0 unspecified atom stereocenters. The molecule has 2 aliphatic heterocycles. The largest absolute Gasteiger partial charge is 0.388 e. The van der Waals surface area contributed by atoms with Crippen LogP contribution in [-0.2, 0) is 0 Å². The van der Waals surface area contributed by atoms with Crippen LogP contribution in [0.15, 0.2) is 11.6 Å². The molecular weight excluding hydrogens is 186 g/mol. The number of aliphatic hydroxyl groups is 1. The number of nitrogens with zero attached hydrogens (tertiary/aromatic N) is 1. The van der Waals surface area contributed by atoms with Gasteiger partial charge in [-0.15, -0.1) is 0 Å². The molecule has 3 rings (SSSR count). The van der Waals surface area contributed by atoms with Crippen molar-refractivity contribution in [2.75, 3.05) is 13.1 Å². The Balaban J connectivity index is 1.95. The molecule has 1 aliphatic carbocycles. The number of piperidine rings is 1. The lowest BCUT2D eigenvalue weighted by atomic mass is 9.75. The van der Waals surface area contributed by atoms with Crippen LogP contribution in [0, 0.1) is 5.92 Å². The monoisotopic (exact) mass is 207 g/mol. The van der Waals surface area contributed by atoms with Crippen LogP contribution >= 0.6 is 0 Å². The Labute approximate surface area is 92.0 Å². The van der Waals surface area contributed by atoms with Gasteiger partial charge in [0.1, 0.15) is 0 Å². The summed E-state index contributed by atoms with van der Waals surface area (Å²) in [4.78, 5) is 2.49. The summed E-state index contributed by atoms with van der Waals surface area (Å²) in [5, 5.41) is 10.8. The van der Waals surface area contributed by atoms with Crippen LogP contribution in [0.25, 0.3) is 0 Å². The normalized spacial score (nSPS) is 45.9. The molecule has 0 aromatic rings. The van der Waals surface area contributed by atoms with E-state index < -0.39 is 0 Å². The molecule has 0 bridgehead atoms. The van der Waals surface area contributed by atoms with Crippen LogP contribution in [0.2, 0.25) is 0 Å². The molecule has 0 amide bonds. The molecule has 84 valence electrons. The fourth-order valence-electron chi connectivity index (χ4n) is 3.82. The first-order valence-corrected chi connectivity index (χ1v) is 6.34. The van der Waals surface area contributed by atoms with Gasteiger partial charge in [-0.1, -0.05) is 18.1 Å². The van der Waals surface area contributed by atoms with Gasteiger partial charge in [-0.25, -0.2) is 0 Å². The fourth-order valence-corrected chi connectivity index (χ4v) is 3.82. The first-order valence-electron chi connectivity index (χ1n) is 6.34. The molecule has 1 saturated heterocycles. The summed E-state index contributed by atoms with van der Waals surface area (Å²) in [6.07, 6.45) is 8.22. The number of hydrogen-bond acceptors (Lipinski definition) is 2. The second kappa shape index (κ2) is 3.33. The SMILES string of the molecule is CC1=C[C@@H]2N(CC1)CC[C@@H]1CCC[C@@]12O. The highest BCUT2D eigenvalue weighted by molar-refractivity contribution is 5.19. The molecule has 0 spiro atoms. The number of rotatable bonds is 0. The van der Waals surface area contributed by atoms with Gasteiger partial charge in [-0.3, -0.25) is 4.90 Å². The van der Waals surface area contributed by atoms with Gasteiger partial charge in [-0.05, 0) is 45.1 Å². The van der Waals surface area contributed by atoms with Gasteiger partial charge < -0.3 is 5.11 Å². The van der Waals surface area contributed by atoms with Crippen molar-refractivity contribution in [1.82, 2.24) is 4.90 Å².